The first-order valence-corrected chi connectivity index (χ1v) is 4.33. The zero-order valence-electron chi connectivity index (χ0n) is 7.77. The van der Waals surface area contributed by atoms with Gasteiger partial charge in [-0.25, -0.2) is 0 Å². The molecule has 0 aromatic carbocycles. The van der Waals surface area contributed by atoms with Crippen LogP contribution in [0, 0.1) is 0 Å². The van der Waals surface area contributed by atoms with Crippen LogP contribution in [0.1, 0.15) is 17.4 Å². The SMILES string of the molecule is CCn1ncc2cnc(C(N)=O)cc21. The molecule has 0 fully saturated rings. The fourth-order valence-electron chi connectivity index (χ4n) is 1.36. The maximum Gasteiger partial charge on any atom is 0.267 e. The average Bonchev–Trinajstić information content (AvgIpc) is 2.59. The summed E-state index contributed by atoms with van der Waals surface area (Å²) in [4.78, 5) is 14.8. The van der Waals surface area contributed by atoms with E-state index >= 15 is 0 Å². The Bertz CT molecular complexity index is 489. The van der Waals surface area contributed by atoms with Crippen LogP contribution in [0.3, 0.4) is 0 Å². The van der Waals surface area contributed by atoms with E-state index in [0.717, 1.165) is 17.4 Å². The molecule has 0 aliphatic rings. The summed E-state index contributed by atoms with van der Waals surface area (Å²) in [5, 5.41) is 5.05. The van der Waals surface area contributed by atoms with Crippen molar-refractivity contribution < 1.29 is 4.79 Å². The van der Waals surface area contributed by atoms with Crippen molar-refractivity contribution in [2.24, 2.45) is 5.73 Å². The van der Waals surface area contributed by atoms with Gasteiger partial charge in [0, 0.05) is 18.1 Å². The summed E-state index contributed by atoms with van der Waals surface area (Å²) in [6.45, 7) is 2.74. The number of carbonyl (C=O) groups excluding carboxylic acids is 1. The number of pyridine rings is 1. The molecule has 0 bridgehead atoms. The lowest BCUT2D eigenvalue weighted by Gasteiger charge is -1.99. The average molecular weight is 190 g/mol. The highest BCUT2D eigenvalue weighted by atomic mass is 16.1. The van der Waals surface area contributed by atoms with Gasteiger partial charge in [-0.15, -0.1) is 0 Å². The molecule has 2 aromatic heterocycles. The summed E-state index contributed by atoms with van der Waals surface area (Å²) < 4.78 is 1.80. The van der Waals surface area contributed by atoms with Gasteiger partial charge in [0.1, 0.15) is 5.69 Å². The van der Waals surface area contributed by atoms with Crippen molar-refractivity contribution >= 4 is 16.8 Å². The Morgan fingerprint density at radius 2 is 2.36 bits per heavy atom. The van der Waals surface area contributed by atoms with E-state index in [1.807, 2.05) is 6.92 Å². The molecular weight excluding hydrogens is 180 g/mol. The van der Waals surface area contributed by atoms with Gasteiger partial charge in [-0.2, -0.15) is 5.10 Å². The lowest BCUT2D eigenvalue weighted by Crippen LogP contribution is -2.12. The summed E-state index contributed by atoms with van der Waals surface area (Å²) in [6.07, 6.45) is 3.32. The molecule has 0 saturated heterocycles. The monoisotopic (exact) mass is 190 g/mol. The molecule has 1 amide bonds. The van der Waals surface area contributed by atoms with Crippen LogP contribution in [-0.2, 0) is 6.54 Å². The lowest BCUT2D eigenvalue weighted by atomic mass is 10.3. The quantitative estimate of drug-likeness (QED) is 0.751. The topological polar surface area (TPSA) is 73.8 Å². The minimum absolute atomic E-state index is 0.271. The molecule has 72 valence electrons. The predicted octanol–water partition coefficient (Wildman–Crippen LogP) is 0.550. The van der Waals surface area contributed by atoms with Crippen molar-refractivity contribution in [2.75, 3.05) is 0 Å². The van der Waals surface area contributed by atoms with Crippen LogP contribution in [0.5, 0.6) is 0 Å². The number of hydrogen-bond donors (Lipinski definition) is 1. The van der Waals surface area contributed by atoms with Gasteiger partial charge < -0.3 is 5.73 Å². The van der Waals surface area contributed by atoms with Gasteiger partial charge in [0.2, 0.25) is 0 Å². The summed E-state index contributed by atoms with van der Waals surface area (Å²) in [7, 11) is 0. The number of carbonyl (C=O) groups is 1. The second kappa shape index (κ2) is 3.10. The molecule has 2 rings (SSSR count). The largest absolute Gasteiger partial charge is 0.364 e. The van der Waals surface area contributed by atoms with E-state index in [1.165, 1.54) is 0 Å². The Hall–Kier alpha value is -1.91. The molecule has 0 atom stereocenters. The van der Waals surface area contributed by atoms with E-state index in [9.17, 15) is 4.79 Å². The van der Waals surface area contributed by atoms with Crippen LogP contribution in [0.4, 0.5) is 0 Å². The fraction of sp³-hybridized carbons (Fsp3) is 0.222. The smallest absolute Gasteiger partial charge is 0.267 e. The van der Waals surface area contributed by atoms with Gasteiger partial charge in [0.15, 0.2) is 0 Å². The van der Waals surface area contributed by atoms with E-state index in [4.69, 9.17) is 5.73 Å². The van der Waals surface area contributed by atoms with Crippen molar-refractivity contribution in [3.8, 4) is 0 Å². The second-order valence-electron chi connectivity index (χ2n) is 2.95. The molecule has 5 heteroatoms. The molecule has 0 spiro atoms. The molecule has 0 aliphatic heterocycles. The molecule has 2 heterocycles. The number of aryl methyl sites for hydroxylation is 1. The predicted molar refractivity (Wildman–Crippen MR) is 51.7 cm³/mol. The molecule has 0 radical (unpaired) electrons. The number of nitrogens with two attached hydrogens (primary N) is 1. The van der Waals surface area contributed by atoms with Crippen molar-refractivity contribution in [3.05, 3.63) is 24.2 Å². The molecule has 0 saturated carbocycles. The number of rotatable bonds is 2. The van der Waals surface area contributed by atoms with Crippen LogP contribution in [0.25, 0.3) is 10.9 Å². The van der Waals surface area contributed by atoms with Gasteiger partial charge in [-0.05, 0) is 13.0 Å². The number of primary amides is 1. The van der Waals surface area contributed by atoms with Gasteiger partial charge >= 0.3 is 0 Å². The minimum atomic E-state index is -0.518. The highest BCUT2D eigenvalue weighted by Gasteiger charge is 2.06. The third-order valence-corrected chi connectivity index (χ3v) is 2.08. The third kappa shape index (κ3) is 1.22. The maximum atomic E-state index is 10.9. The van der Waals surface area contributed by atoms with E-state index in [-0.39, 0.29) is 5.69 Å². The number of aromatic nitrogens is 3. The van der Waals surface area contributed by atoms with Crippen LogP contribution >= 0.6 is 0 Å². The molecule has 5 nitrogen and oxygen atoms in total. The highest BCUT2D eigenvalue weighted by Crippen LogP contribution is 2.13. The standard InChI is InChI=1S/C9H10N4O/c1-2-13-8-3-7(9(10)14)11-4-6(8)5-12-13/h3-5H,2H2,1H3,(H2,10,14). The number of fused-ring (bicyclic) bond motifs is 1. The summed E-state index contributed by atoms with van der Waals surface area (Å²) in [5.41, 5.74) is 6.29. The van der Waals surface area contributed by atoms with Gasteiger partial charge in [0.25, 0.3) is 5.91 Å². The second-order valence-corrected chi connectivity index (χ2v) is 2.95. The lowest BCUT2D eigenvalue weighted by molar-refractivity contribution is 0.0996. The van der Waals surface area contributed by atoms with Gasteiger partial charge in [0.05, 0.1) is 11.7 Å². The Labute approximate surface area is 80.5 Å². The normalized spacial score (nSPS) is 10.6. The van der Waals surface area contributed by atoms with Crippen molar-refractivity contribution in [2.45, 2.75) is 13.5 Å². The van der Waals surface area contributed by atoms with Crippen LogP contribution in [0.15, 0.2) is 18.5 Å². The maximum absolute atomic E-state index is 10.9. The summed E-state index contributed by atoms with van der Waals surface area (Å²) in [6, 6.07) is 1.66. The van der Waals surface area contributed by atoms with Crippen molar-refractivity contribution in [1.82, 2.24) is 14.8 Å². The molecule has 2 aromatic rings. The number of hydrogen-bond acceptors (Lipinski definition) is 3. The highest BCUT2D eigenvalue weighted by molar-refractivity contribution is 5.94. The Morgan fingerprint density at radius 3 is 3.00 bits per heavy atom. The third-order valence-electron chi connectivity index (χ3n) is 2.08. The summed E-state index contributed by atoms with van der Waals surface area (Å²) in [5.74, 6) is -0.518. The molecule has 0 unspecified atom stereocenters. The molecule has 0 aliphatic carbocycles. The molecule has 14 heavy (non-hydrogen) atoms. The van der Waals surface area contributed by atoms with Crippen LogP contribution in [0.2, 0.25) is 0 Å². The zero-order valence-corrected chi connectivity index (χ0v) is 7.77. The zero-order chi connectivity index (χ0) is 10.1. The Kier molecular flexibility index (Phi) is 1.92. The van der Waals surface area contributed by atoms with Crippen LogP contribution in [-0.4, -0.2) is 20.7 Å². The summed E-state index contributed by atoms with van der Waals surface area (Å²) >= 11 is 0. The minimum Gasteiger partial charge on any atom is -0.364 e. The molecular formula is C9H10N4O. The first-order valence-electron chi connectivity index (χ1n) is 4.33. The van der Waals surface area contributed by atoms with E-state index in [2.05, 4.69) is 10.1 Å². The van der Waals surface area contributed by atoms with E-state index in [0.29, 0.717) is 0 Å². The van der Waals surface area contributed by atoms with Crippen molar-refractivity contribution in [3.63, 3.8) is 0 Å². The van der Waals surface area contributed by atoms with E-state index in [1.54, 1.807) is 23.1 Å². The number of amides is 1. The first kappa shape index (κ1) is 8.68. The van der Waals surface area contributed by atoms with Crippen LogP contribution < -0.4 is 5.73 Å². The Balaban J connectivity index is 2.67. The van der Waals surface area contributed by atoms with Gasteiger partial charge in [-0.1, -0.05) is 0 Å². The van der Waals surface area contributed by atoms with E-state index < -0.39 is 5.91 Å². The Morgan fingerprint density at radius 1 is 1.57 bits per heavy atom. The molecule has 2 N–H and O–H groups in total. The first-order chi connectivity index (χ1) is 6.72. The van der Waals surface area contributed by atoms with Crippen molar-refractivity contribution in [1.29, 1.82) is 0 Å². The van der Waals surface area contributed by atoms with Gasteiger partial charge in [-0.3, -0.25) is 14.5 Å². The fourth-order valence-corrected chi connectivity index (χ4v) is 1.36. The number of nitrogens with zero attached hydrogens (tertiary/aromatic N) is 3.